The lowest BCUT2D eigenvalue weighted by Gasteiger charge is -2.30. The molecule has 3 heterocycles. The summed E-state index contributed by atoms with van der Waals surface area (Å²) in [6.07, 6.45) is 4.91. The molecule has 2 aliphatic heterocycles. The van der Waals surface area contributed by atoms with Gasteiger partial charge in [0.05, 0.1) is 34.4 Å². The van der Waals surface area contributed by atoms with Gasteiger partial charge in [0, 0.05) is 18.0 Å². The number of halogens is 1. The van der Waals surface area contributed by atoms with Crippen LogP contribution in [-0.2, 0) is 0 Å². The Morgan fingerprint density at radius 3 is 2.58 bits per heavy atom. The molecule has 4 rings (SSSR count). The number of methoxy groups -OCH3 is 1. The van der Waals surface area contributed by atoms with Gasteiger partial charge in [-0.25, -0.2) is 0 Å². The van der Waals surface area contributed by atoms with Gasteiger partial charge in [0.25, 0.3) is 0 Å². The van der Waals surface area contributed by atoms with Crippen LogP contribution < -0.4 is 10.1 Å². The summed E-state index contributed by atoms with van der Waals surface area (Å²) in [5, 5.41) is 4.31. The molecular weight excluding hydrogens is 364 g/mol. The highest BCUT2D eigenvalue weighted by Gasteiger charge is 2.27. The molecule has 1 atom stereocenters. The third kappa shape index (κ3) is 3.72. The predicted octanol–water partition coefficient (Wildman–Crippen LogP) is 6.35. The smallest absolute Gasteiger partial charge is 0.137 e. The van der Waals surface area contributed by atoms with Crippen LogP contribution in [0.25, 0.3) is 5.70 Å². The van der Waals surface area contributed by atoms with Crippen molar-refractivity contribution in [3.63, 3.8) is 0 Å². The number of fused-ring (bicyclic) bond motifs is 1. The molecule has 1 aromatic heterocycles. The van der Waals surface area contributed by atoms with E-state index in [2.05, 4.69) is 35.3 Å². The van der Waals surface area contributed by atoms with Gasteiger partial charge in [-0.3, -0.25) is 0 Å². The van der Waals surface area contributed by atoms with Gasteiger partial charge in [-0.05, 0) is 49.6 Å². The largest absolute Gasteiger partial charge is 0.495 e. The van der Waals surface area contributed by atoms with Crippen molar-refractivity contribution in [3.8, 4) is 5.75 Å². The number of aryl methyl sites for hydroxylation is 1. The van der Waals surface area contributed by atoms with Crippen LogP contribution in [0.1, 0.15) is 48.0 Å². The van der Waals surface area contributed by atoms with E-state index in [0.717, 1.165) is 18.7 Å². The number of hydrogen-bond donors (Lipinski definition) is 1. The molecule has 0 radical (unpaired) electrons. The maximum Gasteiger partial charge on any atom is 0.137 e. The van der Waals surface area contributed by atoms with Crippen molar-refractivity contribution < 1.29 is 4.74 Å². The third-order valence-electron chi connectivity index (χ3n) is 4.71. The standard InChI is InChI=1S/C19H21ClN2OS.C2H6/c1-12-9-16-19(24-12)17(22-7-3-4-8-22)11-15(21-16)13-5-6-18(23-2)14(20)10-13;1-2/h5-6,9-11,15,21H,3-4,7-8H2,1-2H3;1-2H3. The Bertz CT molecular complexity index is 793. The molecule has 1 aromatic carbocycles. The molecule has 2 aromatic rings. The molecule has 1 saturated heterocycles. The van der Waals surface area contributed by atoms with Crippen molar-refractivity contribution in [1.82, 2.24) is 4.90 Å². The topological polar surface area (TPSA) is 24.5 Å². The van der Waals surface area contributed by atoms with Crippen molar-refractivity contribution in [1.29, 1.82) is 0 Å². The monoisotopic (exact) mass is 390 g/mol. The summed E-state index contributed by atoms with van der Waals surface area (Å²) in [5.41, 5.74) is 3.77. The molecular formula is C21H27ClN2OS. The first-order valence-corrected chi connectivity index (χ1v) is 10.5. The van der Waals surface area contributed by atoms with Crippen molar-refractivity contribution in [3.05, 3.63) is 50.7 Å². The highest BCUT2D eigenvalue weighted by molar-refractivity contribution is 7.13. The van der Waals surface area contributed by atoms with Crippen molar-refractivity contribution in [2.45, 2.75) is 39.7 Å². The number of nitrogens with zero attached hydrogens (tertiary/aromatic N) is 1. The van der Waals surface area contributed by atoms with Crippen LogP contribution in [0.2, 0.25) is 5.02 Å². The fraction of sp³-hybridized carbons (Fsp3) is 0.429. The summed E-state index contributed by atoms with van der Waals surface area (Å²) in [4.78, 5) is 5.23. The van der Waals surface area contributed by atoms with Gasteiger partial charge >= 0.3 is 0 Å². The van der Waals surface area contributed by atoms with Gasteiger partial charge in [-0.15, -0.1) is 11.3 Å². The Morgan fingerprint density at radius 2 is 1.92 bits per heavy atom. The lowest BCUT2D eigenvalue weighted by molar-refractivity contribution is 0.415. The van der Waals surface area contributed by atoms with Gasteiger partial charge < -0.3 is 15.0 Å². The average Bonchev–Trinajstić information content (AvgIpc) is 3.31. The van der Waals surface area contributed by atoms with E-state index in [1.165, 1.54) is 34.0 Å². The zero-order valence-electron chi connectivity index (χ0n) is 15.9. The highest BCUT2D eigenvalue weighted by Crippen LogP contribution is 2.43. The van der Waals surface area contributed by atoms with E-state index in [4.69, 9.17) is 16.3 Å². The molecule has 1 unspecified atom stereocenters. The fourth-order valence-corrected chi connectivity index (χ4v) is 4.81. The lowest BCUT2D eigenvalue weighted by atomic mass is 10.0. The first-order chi connectivity index (χ1) is 12.7. The zero-order chi connectivity index (χ0) is 18.7. The summed E-state index contributed by atoms with van der Waals surface area (Å²) >= 11 is 8.21. The average molecular weight is 391 g/mol. The van der Waals surface area contributed by atoms with E-state index in [1.807, 2.05) is 37.3 Å². The molecule has 3 nitrogen and oxygen atoms in total. The second kappa shape index (κ2) is 8.36. The van der Waals surface area contributed by atoms with Crippen LogP contribution in [0, 0.1) is 6.92 Å². The molecule has 26 heavy (non-hydrogen) atoms. The molecule has 2 aliphatic rings. The molecule has 0 saturated carbocycles. The van der Waals surface area contributed by atoms with E-state index in [9.17, 15) is 0 Å². The first-order valence-electron chi connectivity index (χ1n) is 9.33. The fourth-order valence-electron chi connectivity index (χ4n) is 3.52. The maximum atomic E-state index is 6.33. The minimum absolute atomic E-state index is 0.130. The summed E-state index contributed by atoms with van der Waals surface area (Å²) < 4.78 is 5.27. The molecule has 0 spiro atoms. The van der Waals surface area contributed by atoms with E-state index >= 15 is 0 Å². The summed E-state index contributed by atoms with van der Waals surface area (Å²) in [5.74, 6) is 0.715. The zero-order valence-corrected chi connectivity index (χ0v) is 17.5. The second-order valence-electron chi connectivity index (χ2n) is 6.36. The van der Waals surface area contributed by atoms with E-state index < -0.39 is 0 Å². The number of benzene rings is 1. The SMILES string of the molecule is CC.COc1ccc(C2C=C(N3CCCC3)c3sc(C)cc3N2)cc1Cl. The van der Waals surface area contributed by atoms with Crippen LogP contribution in [-0.4, -0.2) is 25.1 Å². The number of hydrogen-bond acceptors (Lipinski definition) is 4. The number of likely N-dealkylation sites (tertiary alicyclic amines) is 1. The van der Waals surface area contributed by atoms with E-state index in [0.29, 0.717) is 10.8 Å². The molecule has 1 fully saturated rings. The lowest BCUT2D eigenvalue weighted by Crippen LogP contribution is -2.23. The molecule has 0 aliphatic carbocycles. The molecule has 0 amide bonds. The van der Waals surface area contributed by atoms with Crippen molar-refractivity contribution >= 4 is 34.3 Å². The van der Waals surface area contributed by atoms with Gasteiger partial charge in [0.2, 0.25) is 0 Å². The van der Waals surface area contributed by atoms with Gasteiger partial charge in [0.1, 0.15) is 5.75 Å². The van der Waals surface area contributed by atoms with Gasteiger partial charge in [-0.2, -0.15) is 0 Å². The van der Waals surface area contributed by atoms with Crippen LogP contribution in [0.15, 0.2) is 30.3 Å². The Balaban J connectivity index is 0.000000948. The Kier molecular flexibility index (Phi) is 6.15. The number of thiophene rings is 1. The number of ether oxygens (including phenoxy) is 1. The number of nitrogens with one attached hydrogen (secondary N) is 1. The van der Waals surface area contributed by atoms with Gasteiger partial charge in [-0.1, -0.05) is 31.5 Å². The van der Waals surface area contributed by atoms with E-state index in [1.54, 1.807) is 7.11 Å². The van der Waals surface area contributed by atoms with Crippen LogP contribution in [0.4, 0.5) is 5.69 Å². The quantitative estimate of drug-likeness (QED) is 0.660. The summed E-state index contributed by atoms with van der Waals surface area (Å²) in [7, 11) is 1.64. The molecule has 5 heteroatoms. The van der Waals surface area contributed by atoms with Crippen LogP contribution in [0.3, 0.4) is 0 Å². The molecule has 1 N–H and O–H groups in total. The van der Waals surface area contributed by atoms with Crippen molar-refractivity contribution in [2.24, 2.45) is 0 Å². The Morgan fingerprint density at radius 1 is 1.19 bits per heavy atom. The van der Waals surface area contributed by atoms with Gasteiger partial charge in [0.15, 0.2) is 0 Å². The van der Waals surface area contributed by atoms with Crippen molar-refractivity contribution in [2.75, 3.05) is 25.5 Å². The second-order valence-corrected chi connectivity index (χ2v) is 8.03. The number of rotatable bonds is 3. The summed E-state index contributed by atoms with van der Waals surface area (Å²) in [6.45, 7) is 8.47. The highest BCUT2D eigenvalue weighted by atomic mass is 35.5. The first kappa shape index (κ1) is 19.1. The molecule has 140 valence electrons. The minimum atomic E-state index is 0.130. The van der Waals surface area contributed by atoms with E-state index in [-0.39, 0.29) is 6.04 Å². The van der Waals surface area contributed by atoms with Crippen LogP contribution >= 0.6 is 22.9 Å². The summed E-state index contributed by atoms with van der Waals surface area (Å²) in [6, 6.07) is 8.41. The predicted molar refractivity (Wildman–Crippen MR) is 114 cm³/mol. The molecule has 0 bridgehead atoms. The Labute approximate surface area is 165 Å². The third-order valence-corrected chi connectivity index (χ3v) is 6.07. The maximum absolute atomic E-state index is 6.33. The minimum Gasteiger partial charge on any atom is -0.495 e. The van der Waals surface area contributed by atoms with Crippen LogP contribution in [0.5, 0.6) is 5.75 Å². The Hall–Kier alpha value is -1.65. The normalized spacial score (nSPS) is 18.4. The number of anilines is 1.